The molecule has 0 saturated heterocycles. The largest absolute Gasteiger partial charge is 0.486 e. The zero-order valence-corrected chi connectivity index (χ0v) is 10.9. The predicted octanol–water partition coefficient (Wildman–Crippen LogP) is 3.18. The summed E-state index contributed by atoms with van der Waals surface area (Å²) in [4.78, 5) is 0. The molecule has 0 N–H and O–H groups in total. The summed E-state index contributed by atoms with van der Waals surface area (Å²) in [6.45, 7) is 1.03. The molecule has 0 radical (unpaired) electrons. The molecular weight excluding hydrogens is 259 g/mol. The van der Waals surface area contributed by atoms with Gasteiger partial charge in [-0.15, -0.1) is 0 Å². The van der Waals surface area contributed by atoms with Gasteiger partial charge in [-0.25, -0.2) is 4.39 Å². The molecule has 1 aliphatic heterocycles. The Balaban J connectivity index is 1.52. The average molecular weight is 274 g/mol. The Bertz CT molecular complexity index is 585. The van der Waals surface area contributed by atoms with Crippen molar-refractivity contribution in [1.82, 2.24) is 0 Å². The fourth-order valence-corrected chi connectivity index (χ4v) is 2.06. The van der Waals surface area contributed by atoms with E-state index in [1.54, 1.807) is 18.2 Å². The monoisotopic (exact) mass is 274 g/mol. The van der Waals surface area contributed by atoms with Crippen LogP contribution in [0.4, 0.5) is 4.39 Å². The molecule has 3 rings (SSSR count). The van der Waals surface area contributed by atoms with E-state index in [0.717, 1.165) is 11.5 Å². The Morgan fingerprint density at radius 2 is 1.80 bits per heavy atom. The molecule has 0 fully saturated rings. The molecule has 0 aliphatic carbocycles. The van der Waals surface area contributed by atoms with Crippen LogP contribution in [0.25, 0.3) is 0 Å². The van der Waals surface area contributed by atoms with E-state index in [9.17, 15) is 4.39 Å². The lowest BCUT2D eigenvalue weighted by molar-refractivity contribution is 0.00206. The van der Waals surface area contributed by atoms with Crippen LogP contribution in [0, 0.1) is 5.82 Å². The number of halogens is 1. The summed E-state index contributed by atoms with van der Waals surface area (Å²) in [7, 11) is 0. The number of hydrogen-bond acceptors (Lipinski definition) is 3. The summed E-state index contributed by atoms with van der Waals surface area (Å²) in [5.41, 5.74) is 0.546. The summed E-state index contributed by atoms with van der Waals surface area (Å²) >= 11 is 0. The first-order chi connectivity index (χ1) is 9.83. The predicted molar refractivity (Wildman–Crippen MR) is 72.4 cm³/mol. The van der Waals surface area contributed by atoms with E-state index in [1.165, 1.54) is 6.07 Å². The third-order valence-electron chi connectivity index (χ3n) is 3.09. The van der Waals surface area contributed by atoms with Gasteiger partial charge in [0.05, 0.1) is 13.2 Å². The zero-order chi connectivity index (χ0) is 13.8. The fraction of sp³-hybridized carbons (Fsp3) is 0.250. The SMILES string of the molecule is Fc1ccccc1COCC1COc2ccccc2O1. The van der Waals surface area contributed by atoms with Gasteiger partial charge in [-0.1, -0.05) is 30.3 Å². The summed E-state index contributed by atoms with van der Waals surface area (Å²) < 4.78 is 30.3. The lowest BCUT2D eigenvalue weighted by Gasteiger charge is -2.26. The van der Waals surface area contributed by atoms with Gasteiger partial charge in [0.15, 0.2) is 17.6 Å². The lowest BCUT2D eigenvalue weighted by atomic mass is 10.2. The van der Waals surface area contributed by atoms with E-state index < -0.39 is 0 Å². The topological polar surface area (TPSA) is 27.7 Å². The van der Waals surface area contributed by atoms with E-state index in [0.29, 0.717) is 18.8 Å². The standard InChI is InChI=1S/C16H15FO3/c17-14-6-2-1-5-12(14)9-18-10-13-11-19-15-7-3-4-8-16(15)20-13/h1-8,13H,9-11H2. The second kappa shape index (κ2) is 5.92. The van der Waals surface area contributed by atoms with Crippen molar-refractivity contribution in [3.8, 4) is 11.5 Å². The van der Waals surface area contributed by atoms with Crippen molar-refractivity contribution in [2.75, 3.05) is 13.2 Å². The Morgan fingerprint density at radius 3 is 2.65 bits per heavy atom. The van der Waals surface area contributed by atoms with Gasteiger partial charge in [0.25, 0.3) is 0 Å². The van der Waals surface area contributed by atoms with Crippen LogP contribution in [0.5, 0.6) is 11.5 Å². The molecule has 2 aromatic rings. The van der Waals surface area contributed by atoms with E-state index in [2.05, 4.69) is 0 Å². The van der Waals surface area contributed by atoms with Crippen molar-refractivity contribution >= 4 is 0 Å². The van der Waals surface area contributed by atoms with Crippen LogP contribution in [0.3, 0.4) is 0 Å². The molecule has 1 heterocycles. The van der Waals surface area contributed by atoms with Crippen LogP contribution in [0.2, 0.25) is 0 Å². The van der Waals surface area contributed by atoms with E-state index >= 15 is 0 Å². The van der Waals surface area contributed by atoms with Crippen LogP contribution >= 0.6 is 0 Å². The van der Waals surface area contributed by atoms with Crippen LogP contribution in [-0.2, 0) is 11.3 Å². The zero-order valence-electron chi connectivity index (χ0n) is 10.9. The quantitative estimate of drug-likeness (QED) is 0.857. The normalized spacial score (nSPS) is 16.9. The summed E-state index contributed by atoms with van der Waals surface area (Å²) in [6, 6.07) is 14.1. The number of benzene rings is 2. The molecule has 104 valence electrons. The highest BCUT2D eigenvalue weighted by molar-refractivity contribution is 5.40. The maximum atomic E-state index is 13.4. The fourth-order valence-electron chi connectivity index (χ4n) is 2.06. The number of rotatable bonds is 4. The van der Waals surface area contributed by atoms with Gasteiger partial charge in [0.1, 0.15) is 12.4 Å². The van der Waals surface area contributed by atoms with E-state index in [1.807, 2.05) is 24.3 Å². The van der Waals surface area contributed by atoms with Gasteiger partial charge in [0.2, 0.25) is 0 Å². The molecule has 0 bridgehead atoms. The first-order valence-electron chi connectivity index (χ1n) is 6.52. The van der Waals surface area contributed by atoms with Crippen LogP contribution in [-0.4, -0.2) is 19.3 Å². The molecule has 4 heteroatoms. The van der Waals surface area contributed by atoms with Gasteiger partial charge in [-0.3, -0.25) is 0 Å². The first kappa shape index (κ1) is 12.9. The van der Waals surface area contributed by atoms with Crippen molar-refractivity contribution in [3.63, 3.8) is 0 Å². The number of para-hydroxylation sites is 2. The molecule has 0 amide bonds. The Hall–Kier alpha value is -2.07. The third kappa shape index (κ3) is 2.91. The number of fused-ring (bicyclic) bond motifs is 1. The molecule has 2 aromatic carbocycles. The highest BCUT2D eigenvalue weighted by atomic mass is 19.1. The first-order valence-corrected chi connectivity index (χ1v) is 6.52. The highest BCUT2D eigenvalue weighted by Crippen LogP contribution is 2.30. The summed E-state index contributed by atoms with van der Waals surface area (Å²) in [6.07, 6.45) is -0.170. The average Bonchev–Trinajstić information content (AvgIpc) is 2.49. The molecule has 1 unspecified atom stereocenters. The van der Waals surface area contributed by atoms with Crippen molar-refractivity contribution < 1.29 is 18.6 Å². The van der Waals surface area contributed by atoms with Gasteiger partial charge in [-0.2, -0.15) is 0 Å². The molecule has 3 nitrogen and oxygen atoms in total. The van der Waals surface area contributed by atoms with Crippen LogP contribution < -0.4 is 9.47 Å². The van der Waals surface area contributed by atoms with Crippen molar-refractivity contribution in [2.45, 2.75) is 12.7 Å². The second-order valence-corrected chi connectivity index (χ2v) is 4.60. The molecule has 0 spiro atoms. The van der Waals surface area contributed by atoms with Crippen LogP contribution in [0.15, 0.2) is 48.5 Å². The smallest absolute Gasteiger partial charge is 0.161 e. The minimum Gasteiger partial charge on any atom is -0.486 e. The molecule has 0 aromatic heterocycles. The minimum absolute atomic E-state index is 0.170. The molecular formula is C16H15FO3. The van der Waals surface area contributed by atoms with Crippen molar-refractivity contribution in [3.05, 3.63) is 59.9 Å². The lowest BCUT2D eigenvalue weighted by Crippen LogP contribution is -2.33. The summed E-state index contributed by atoms with van der Waals surface area (Å²) in [5.74, 6) is 1.22. The molecule has 1 aliphatic rings. The second-order valence-electron chi connectivity index (χ2n) is 4.60. The van der Waals surface area contributed by atoms with E-state index in [-0.39, 0.29) is 18.5 Å². The molecule has 0 saturated carbocycles. The Kier molecular flexibility index (Phi) is 3.83. The van der Waals surface area contributed by atoms with Crippen molar-refractivity contribution in [1.29, 1.82) is 0 Å². The number of hydrogen-bond donors (Lipinski definition) is 0. The van der Waals surface area contributed by atoms with E-state index in [4.69, 9.17) is 14.2 Å². The minimum atomic E-state index is -0.251. The van der Waals surface area contributed by atoms with Gasteiger partial charge >= 0.3 is 0 Å². The van der Waals surface area contributed by atoms with Crippen molar-refractivity contribution in [2.24, 2.45) is 0 Å². The Labute approximate surface area is 116 Å². The summed E-state index contributed by atoms with van der Waals surface area (Å²) in [5, 5.41) is 0. The third-order valence-corrected chi connectivity index (χ3v) is 3.09. The van der Waals surface area contributed by atoms with Crippen LogP contribution in [0.1, 0.15) is 5.56 Å². The maximum Gasteiger partial charge on any atom is 0.161 e. The van der Waals surface area contributed by atoms with Gasteiger partial charge in [0, 0.05) is 5.56 Å². The number of ether oxygens (including phenoxy) is 3. The molecule has 20 heavy (non-hydrogen) atoms. The van der Waals surface area contributed by atoms with Gasteiger partial charge < -0.3 is 14.2 Å². The highest BCUT2D eigenvalue weighted by Gasteiger charge is 2.20. The Morgan fingerprint density at radius 1 is 1.05 bits per heavy atom. The maximum absolute atomic E-state index is 13.4. The van der Waals surface area contributed by atoms with Gasteiger partial charge in [-0.05, 0) is 18.2 Å². The molecule has 1 atom stereocenters.